The van der Waals surface area contributed by atoms with E-state index < -0.39 is 0 Å². The number of pyridine rings is 1. The van der Waals surface area contributed by atoms with Gasteiger partial charge in [0.1, 0.15) is 22.6 Å². The summed E-state index contributed by atoms with van der Waals surface area (Å²) in [4.78, 5) is 20.2. The Balaban J connectivity index is 1.07. The van der Waals surface area contributed by atoms with Crippen LogP contribution in [0.3, 0.4) is 0 Å². The first-order chi connectivity index (χ1) is 30.7. The second-order valence-electron chi connectivity index (χ2n) is 15.3. The molecular weight excluding hydrogens is 761 g/mol. The molecule has 0 saturated carbocycles. The zero-order chi connectivity index (χ0) is 41.0. The molecule has 0 unspecified atom stereocenters. The van der Waals surface area contributed by atoms with Gasteiger partial charge in [-0.2, -0.15) is 0 Å². The van der Waals surface area contributed by atoms with Crippen LogP contribution in [-0.2, 0) is 0 Å². The first-order valence-corrected chi connectivity index (χ1v) is 20.6. The summed E-state index contributed by atoms with van der Waals surface area (Å²) < 4.78 is 13.9. The van der Waals surface area contributed by atoms with Crippen LogP contribution >= 0.6 is 0 Å². The van der Waals surface area contributed by atoms with Crippen LogP contribution in [0.15, 0.2) is 215 Å². The topological polar surface area (TPSA) is 77.8 Å². The highest BCUT2D eigenvalue weighted by molar-refractivity contribution is 6.21. The van der Waals surface area contributed by atoms with Crippen molar-refractivity contribution in [2.75, 3.05) is 0 Å². The summed E-state index contributed by atoms with van der Waals surface area (Å²) in [5.74, 6) is 2.58. The molecule has 0 fully saturated rings. The molecule has 0 spiro atoms. The summed E-state index contributed by atoms with van der Waals surface area (Å²) in [6, 6.07) is 70.2. The molecule has 4 aromatic heterocycles. The summed E-state index contributed by atoms with van der Waals surface area (Å²) in [7, 11) is 0. The molecule has 62 heavy (non-hydrogen) atoms. The lowest BCUT2D eigenvalue weighted by atomic mass is 9.93. The predicted molar refractivity (Wildman–Crippen MR) is 250 cm³/mol. The molecular formula is C56H34N4O2. The van der Waals surface area contributed by atoms with E-state index in [1.54, 1.807) is 0 Å². The van der Waals surface area contributed by atoms with Gasteiger partial charge in [0.25, 0.3) is 0 Å². The van der Waals surface area contributed by atoms with Gasteiger partial charge in [0, 0.05) is 60.5 Å². The molecule has 0 amide bonds. The Morgan fingerprint density at radius 1 is 0.323 bits per heavy atom. The van der Waals surface area contributed by atoms with E-state index in [4.69, 9.17) is 28.8 Å². The molecule has 12 rings (SSSR count). The first-order valence-electron chi connectivity index (χ1n) is 20.6. The van der Waals surface area contributed by atoms with Crippen molar-refractivity contribution in [2.24, 2.45) is 0 Å². The van der Waals surface area contributed by atoms with Crippen molar-refractivity contribution in [3.63, 3.8) is 0 Å². The largest absolute Gasteiger partial charge is 0.455 e. The van der Waals surface area contributed by atoms with E-state index in [0.717, 1.165) is 105 Å². The minimum absolute atomic E-state index is 0.599. The third-order valence-corrected chi connectivity index (χ3v) is 11.5. The van der Waals surface area contributed by atoms with Crippen LogP contribution in [0.1, 0.15) is 0 Å². The highest BCUT2D eigenvalue weighted by atomic mass is 16.3. The van der Waals surface area contributed by atoms with E-state index >= 15 is 0 Å². The van der Waals surface area contributed by atoms with Gasteiger partial charge >= 0.3 is 0 Å². The number of fused-ring (bicyclic) bond motifs is 6. The number of rotatable bonds is 7. The van der Waals surface area contributed by atoms with Gasteiger partial charge in [-0.15, -0.1) is 0 Å². The molecule has 6 nitrogen and oxygen atoms in total. The zero-order valence-electron chi connectivity index (χ0n) is 33.2. The van der Waals surface area contributed by atoms with Crippen molar-refractivity contribution in [1.29, 1.82) is 0 Å². The van der Waals surface area contributed by atoms with Crippen molar-refractivity contribution < 1.29 is 8.83 Å². The molecule has 0 aliphatic heterocycles. The van der Waals surface area contributed by atoms with E-state index in [-0.39, 0.29) is 0 Å². The number of hydrogen-bond donors (Lipinski definition) is 0. The standard InChI is InChI=1S/C56H34N4O2/c1-4-17-35(18-5-1)50-53-48(44-28-10-12-31-46(44)57-50)49(45-30-16-29-43-42-27-11-13-32-47(42)61-52(43)45)51(62-53)40-25-14-23-38(33-40)39-24-15-26-41(34-39)56-59-54(36-19-6-2-7-20-36)58-55(60-56)37-21-8-3-9-22-37/h1-34H. The third kappa shape index (κ3) is 6.04. The van der Waals surface area contributed by atoms with Crippen LogP contribution in [0.25, 0.3) is 123 Å². The second kappa shape index (κ2) is 14.7. The van der Waals surface area contributed by atoms with Gasteiger partial charge in [0.15, 0.2) is 23.1 Å². The van der Waals surface area contributed by atoms with Crippen molar-refractivity contribution in [3.05, 3.63) is 206 Å². The Bertz CT molecular complexity index is 3580. The smallest absolute Gasteiger partial charge is 0.164 e. The van der Waals surface area contributed by atoms with Crippen molar-refractivity contribution in [1.82, 2.24) is 19.9 Å². The molecule has 0 N–H and O–H groups in total. The number of furan rings is 2. The number of nitrogens with zero attached hydrogens (tertiary/aromatic N) is 4. The van der Waals surface area contributed by atoms with Crippen LogP contribution in [0, 0.1) is 0 Å². The summed E-state index contributed by atoms with van der Waals surface area (Å²) in [5.41, 5.74) is 12.6. The maximum absolute atomic E-state index is 7.22. The van der Waals surface area contributed by atoms with E-state index in [9.17, 15) is 0 Å². The van der Waals surface area contributed by atoms with E-state index in [2.05, 4.69) is 109 Å². The predicted octanol–water partition coefficient (Wildman–Crippen LogP) is 14.7. The van der Waals surface area contributed by atoms with Gasteiger partial charge < -0.3 is 8.83 Å². The Morgan fingerprint density at radius 3 is 1.52 bits per heavy atom. The fourth-order valence-electron chi connectivity index (χ4n) is 8.62. The maximum Gasteiger partial charge on any atom is 0.164 e. The minimum atomic E-state index is 0.599. The Kier molecular flexibility index (Phi) is 8.38. The molecule has 0 saturated heterocycles. The molecule has 0 radical (unpaired) electrons. The van der Waals surface area contributed by atoms with Gasteiger partial charge in [-0.3, -0.25) is 0 Å². The fourth-order valence-corrected chi connectivity index (χ4v) is 8.62. The minimum Gasteiger partial charge on any atom is -0.455 e. The molecule has 290 valence electrons. The van der Waals surface area contributed by atoms with Crippen molar-refractivity contribution >= 4 is 43.8 Å². The summed E-state index contributed by atoms with van der Waals surface area (Å²) >= 11 is 0. The highest BCUT2D eigenvalue weighted by Gasteiger charge is 2.27. The maximum atomic E-state index is 7.22. The number of aromatic nitrogens is 4. The molecule has 0 bridgehead atoms. The lowest BCUT2D eigenvalue weighted by Crippen LogP contribution is -2.00. The lowest BCUT2D eigenvalue weighted by molar-refractivity contribution is 0.632. The SMILES string of the molecule is c1ccc(-c2nc(-c3ccccc3)nc(-c3cccc(-c4cccc(-c5oc6c(-c7ccccc7)nc7ccccc7c6c5-c5cccc6c5oc5ccccc56)c4)c3)n2)cc1. The second-order valence-corrected chi connectivity index (χ2v) is 15.3. The van der Waals surface area contributed by atoms with E-state index in [0.29, 0.717) is 17.5 Å². The third-order valence-electron chi connectivity index (χ3n) is 11.5. The van der Waals surface area contributed by atoms with Crippen LogP contribution < -0.4 is 0 Å². The van der Waals surface area contributed by atoms with Crippen molar-refractivity contribution in [2.45, 2.75) is 0 Å². The van der Waals surface area contributed by atoms with Crippen LogP contribution in [0.4, 0.5) is 0 Å². The lowest BCUT2D eigenvalue weighted by Gasteiger charge is -2.11. The van der Waals surface area contributed by atoms with Gasteiger partial charge in [0.05, 0.1) is 5.52 Å². The number of para-hydroxylation sites is 3. The van der Waals surface area contributed by atoms with E-state index in [1.165, 1.54) is 0 Å². The van der Waals surface area contributed by atoms with E-state index in [1.807, 2.05) is 97.1 Å². The van der Waals surface area contributed by atoms with Gasteiger partial charge in [-0.25, -0.2) is 19.9 Å². The molecule has 4 heterocycles. The fraction of sp³-hybridized carbons (Fsp3) is 0. The Morgan fingerprint density at radius 2 is 0.823 bits per heavy atom. The summed E-state index contributed by atoms with van der Waals surface area (Å²) in [6.45, 7) is 0. The molecule has 8 aromatic carbocycles. The normalized spacial score (nSPS) is 11.5. The molecule has 12 aromatic rings. The number of hydrogen-bond acceptors (Lipinski definition) is 6. The Hall–Kier alpha value is -8.48. The molecule has 6 heteroatoms. The molecule has 0 atom stereocenters. The average Bonchev–Trinajstić information content (AvgIpc) is 3.95. The Labute approximate surface area is 356 Å². The monoisotopic (exact) mass is 794 g/mol. The van der Waals surface area contributed by atoms with Crippen molar-refractivity contribution in [3.8, 4) is 79.0 Å². The van der Waals surface area contributed by atoms with Crippen LogP contribution in [0.5, 0.6) is 0 Å². The highest BCUT2D eigenvalue weighted by Crippen LogP contribution is 2.49. The first kappa shape index (κ1) is 35.5. The average molecular weight is 795 g/mol. The molecule has 0 aliphatic carbocycles. The zero-order valence-corrected chi connectivity index (χ0v) is 33.2. The van der Waals surface area contributed by atoms with Crippen LogP contribution in [-0.4, -0.2) is 19.9 Å². The van der Waals surface area contributed by atoms with Gasteiger partial charge in [0.2, 0.25) is 0 Å². The number of benzene rings is 8. The van der Waals surface area contributed by atoms with Gasteiger partial charge in [-0.05, 0) is 35.4 Å². The summed E-state index contributed by atoms with van der Waals surface area (Å²) in [6.07, 6.45) is 0. The molecule has 0 aliphatic rings. The summed E-state index contributed by atoms with van der Waals surface area (Å²) in [5, 5.41) is 4.12. The van der Waals surface area contributed by atoms with Crippen LogP contribution in [0.2, 0.25) is 0 Å². The van der Waals surface area contributed by atoms with Gasteiger partial charge in [-0.1, -0.05) is 182 Å². The quantitative estimate of drug-likeness (QED) is 0.160.